The second kappa shape index (κ2) is 27.4. The van der Waals surface area contributed by atoms with Crippen LogP contribution < -0.4 is 21.3 Å². The Morgan fingerprint density at radius 3 is 1.21 bits per heavy atom. The van der Waals surface area contributed by atoms with Gasteiger partial charge in [0.1, 0.15) is 12.1 Å². The molecule has 2 saturated heterocycles. The maximum Gasteiger partial charge on any atom is 0.251 e. The molecule has 6 amide bonds. The number of likely N-dealkylation sites (tertiary alicyclic amines) is 2. The highest BCUT2D eigenvalue weighted by molar-refractivity contribution is 7.88. The third kappa shape index (κ3) is 18.1. The summed E-state index contributed by atoms with van der Waals surface area (Å²) >= 11 is 0. The Morgan fingerprint density at radius 1 is 0.575 bits per heavy atom. The van der Waals surface area contributed by atoms with Crippen LogP contribution in [0, 0.1) is 10.8 Å². The standard InChI is InChI=1S/C57H85BN10O10S2/c1-38(63(9)10)50(69)61-48(56(3,4)5)54(73)67-34-44(32-46(67)36-65(79(12,75)76)30-28-40-20-16-14-17-21-40)59-52(71)42-24-26-43(27-25-42)53(72)60-45-33-47(37-66(80(13,77)78)31-29-41-22-18-15-19-23-41)68(35-45)55(74)49(57(6,7)8)62-51(70)39(2)64(11)58/h14-27,38-39,44-49H,28-37H2,1-13H3,(H,59,71)(H,60,72)(H,61,69)(H,62,70)/t38-,39-,44-,45-,46-,47-,48+,49+/m0/s1. The molecule has 0 aromatic heterocycles. The lowest BCUT2D eigenvalue weighted by molar-refractivity contribution is -0.141. The number of hydrogen-bond donors (Lipinski definition) is 4. The van der Waals surface area contributed by atoms with Crippen molar-refractivity contribution >= 4 is 63.5 Å². The molecule has 2 aliphatic heterocycles. The van der Waals surface area contributed by atoms with Crippen molar-refractivity contribution < 1.29 is 45.6 Å². The second-order valence-electron chi connectivity index (χ2n) is 24.0. The molecule has 438 valence electrons. The lowest BCUT2D eigenvalue weighted by Gasteiger charge is -2.37. The SMILES string of the molecule is [B]N(C)[C@@H](C)C(=O)N[C@H](C(=O)N1C[C@@H](NC(=O)c2ccc(C(=O)N[C@H]3C[C@@H](CN(CCc4ccccc4)S(C)(=O)=O)N(C(=O)[C@@H](NC(=O)[C@H](C)N(C)C)C(C)(C)C)C3)cc2)C[C@H]1CN(CCc1ccccc1)S(C)(=O)=O)C(C)(C)C. The van der Waals surface area contributed by atoms with Crippen LogP contribution in [-0.4, -0.2) is 210 Å². The fourth-order valence-electron chi connectivity index (χ4n) is 9.87. The van der Waals surface area contributed by atoms with E-state index in [0.717, 1.165) is 23.6 Å². The molecule has 8 atom stereocenters. The summed E-state index contributed by atoms with van der Waals surface area (Å²) in [4.78, 5) is 90.5. The number of likely N-dealkylation sites (N-methyl/N-ethyl adjacent to an activating group) is 2. The molecular weight excluding hydrogens is 1060 g/mol. The summed E-state index contributed by atoms with van der Waals surface area (Å²) in [6.45, 7) is 14.5. The van der Waals surface area contributed by atoms with Crippen LogP contribution in [0.5, 0.6) is 0 Å². The minimum atomic E-state index is -3.78. The van der Waals surface area contributed by atoms with Crippen LogP contribution >= 0.6 is 0 Å². The van der Waals surface area contributed by atoms with Crippen LogP contribution in [0.15, 0.2) is 84.9 Å². The number of carbonyl (C=O) groups is 6. The van der Waals surface area contributed by atoms with E-state index in [0.29, 0.717) is 12.8 Å². The lowest BCUT2D eigenvalue weighted by Crippen LogP contribution is -2.59. The van der Waals surface area contributed by atoms with Crippen LogP contribution in [0.3, 0.4) is 0 Å². The largest absolute Gasteiger partial charge is 0.347 e. The first-order valence-electron chi connectivity index (χ1n) is 27.2. The Bertz CT molecular complexity index is 2660. The zero-order valence-corrected chi connectivity index (χ0v) is 50.6. The third-order valence-electron chi connectivity index (χ3n) is 15.2. The highest BCUT2D eigenvalue weighted by atomic mass is 32.2. The first-order chi connectivity index (χ1) is 37.1. The minimum Gasteiger partial charge on any atom is -0.347 e. The summed E-state index contributed by atoms with van der Waals surface area (Å²) in [5, 5.41) is 11.9. The van der Waals surface area contributed by atoms with Crippen LogP contribution in [0.1, 0.15) is 100 Å². The maximum absolute atomic E-state index is 14.8. The van der Waals surface area contributed by atoms with Gasteiger partial charge in [-0.05, 0) is 107 Å². The minimum absolute atomic E-state index is 0.00969. The topological polar surface area (TPSA) is 238 Å². The molecule has 2 heterocycles. The van der Waals surface area contributed by atoms with Crippen molar-refractivity contribution in [1.29, 1.82) is 0 Å². The quantitative estimate of drug-likeness (QED) is 0.0948. The van der Waals surface area contributed by atoms with Crippen LogP contribution in [0.2, 0.25) is 0 Å². The van der Waals surface area contributed by atoms with E-state index in [4.69, 9.17) is 7.98 Å². The number of nitrogens with one attached hydrogen (secondary N) is 4. The van der Waals surface area contributed by atoms with Gasteiger partial charge in [0, 0.05) is 74.6 Å². The normalized spacial score (nSPS) is 19.7. The van der Waals surface area contributed by atoms with Gasteiger partial charge in [0.2, 0.25) is 43.7 Å². The zero-order valence-electron chi connectivity index (χ0n) is 48.9. The van der Waals surface area contributed by atoms with E-state index >= 15 is 0 Å². The average molecular weight is 1150 g/mol. The van der Waals surface area contributed by atoms with Gasteiger partial charge in [-0.2, -0.15) is 8.61 Å². The van der Waals surface area contributed by atoms with Gasteiger partial charge in [-0.3, -0.25) is 33.7 Å². The first kappa shape index (κ1) is 65.1. The smallest absolute Gasteiger partial charge is 0.251 e. The summed E-state index contributed by atoms with van der Waals surface area (Å²) in [7, 11) is 3.41. The number of carbonyl (C=O) groups excluding carboxylic acids is 6. The van der Waals surface area contributed by atoms with E-state index in [2.05, 4.69) is 21.3 Å². The summed E-state index contributed by atoms with van der Waals surface area (Å²) in [6.07, 6.45) is 3.49. The van der Waals surface area contributed by atoms with E-state index < -0.39 is 109 Å². The van der Waals surface area contributed by atoms with Gasteiger partial charge in [0.05, 0.1) is 24.6 Å². The van der Waals surface area contributed by atoms with Crippen molar-refractivity contribution in [2.75, 3.05) is 72.9 Å². The number of benzene rings is 3. The summed E-state index contributed by atoms with van der Waals surface area (Å²) in [5.74, 6) is -2.68. The molecule has 0 aliphatic carbocycles. The maximum atomic E-state index is 14.8. The number of amides is 6. The van der Waals surface area contributed by atoms with Gasteiger partial charge in [0.15, 0.2) is 7.98 Å². The summed E-state index contributed by atoms with van der Waals surface area (Å²) in [6, 6.07) is 18.9. The van der Waals surface area contributed by atoms with Crippen LogP contribution in [0.4, 0.5) is 0 Å². The van der Waals surface area contributed by atoms with Gasteiger partial charge >= 0.3 is 0 Å². The molecular formula is C57H85BN10O10S2. The molecule has 0 bridgehead atoms. The van der Waals surface area contributed by atoms with Crippen LogP contribution in [0.25, 0.3) is 0 Å². The van der Waals surface area contributed by atoms with Gasteiger partial charge < -0.3 is 35.9 Å². The molecule has 3 aromatic rings. The van der Waals surface area contributed by atoms with Crippen molar-refractivity contribution in [3.05, 3.63) is 107 Å². The van der Waals surface area contributed by atoms with Crippen molar-refractivity contribution in [2.24, 2.45) is 10.8 Å². The van der Waals surface area contributed by atoms with E-state index in [-0.39, 0.29) is 69.1 Å². The molecule has 0 spiro atoms. The Kier molecular flexibility index (Phi) is 22.3. The predicted octanol–water partition coefficient (Wildman–Crippen LogP) is 2.51. The molecule has 23 heteroatoms. The van der Waals surface area contributed by atoms with Crippen LogP contribution in [-0.2, 0) is 52.1 Å². The monoisotopic (exact) mass is 1140 g/mol. The van der Waals surface area contributed by atoms with Crippen molar-refractivity contribution in [3.8, 4) is 0 Å². The first-order valence-corrected chi connectivity index (χ1v) is 30.9. The lowest BCUT2D eigenvalue weighted by atomic mass is 9.85. The molecule has 80 heavy (non-hydrogen) atoms. The highest BCUT2D eigenvalue weighted by Crippen LogP contribution is 2.30. The molecule has 5 rings (SSSR count). The van der Waals surface area contributed by atoms with Gasteiger partial charge in [0.25, 0.3) is 11.8 Å². The van der Waals surface area contributed by atoms with E-state index in [1.807, 2.05) is 102 Å². The van der Waals surface area contributed by atoms with Gasteiger partial charge in [-0.1, -0.05) is 102 Å². The van der Waals surface area contributed by atoms with Gasteiger partial charge in [-0.25, -0.2) is 16.8 Å². The molecule has 3 aromatic carbocycles. The highest BCUT2D eigenvalue weighted by Gasteiger charge is 2.46. The summed E-state index contributed by atoms with van der Waals surface area (Å²) < 4.78 is 56.0. The Hall–Kier alpha value is -5.72. The Morgan fingerprint density at radius 2 is 0.912 bits per heavy atom. The number of rotatable bonds is 24. The van der Waals surface area contributed by atoms with Gasteiger partial charge in [-0.15, -0.1) is 0 Å². The Balaban J connectivity index is 1.36. The number of sulfonamides is 2. The molecule has 2 fully saturated rings. The molecule has 20 nitrogen and oxygen atoms in total. The number of hydrogen-bond acceptors (Lipinski definition) is 12. The second-order valence-corrected chi connectivity index (χ2v) is 28.0. The van der Waals surface area contributed by atoms with Crippen molar-refractivity contribution in [1.82, 2.24) is 49.4 Å². The fraction of sp³-hybridized carbons (Fsp3) is 0.579. The van der Waals surface area contributed by atoms with E-state index in [9.17, 15) is 45.6 Å². The van der Waals surface area contributed by atoms with E-state index in [1.165, 1.54) is 37.7 Å². The Labute approximate surface area is 476 Å². The molecule has 4 N–H and O–H groups in total. The van der Waals surface area contributed by atoms with Crippen molar-refractivity contribution in [3.63, 3.8) is 0 Å². The van der Waals surface area contributed by atoms with Crippen molar-refractivity contribution in [2.45, 2.75) is 129 Å². The molecule has 2 aliphatic rings. The van der Waals surface area contributed by atoms with E-state index in [1.54, 1.807) is 49.7 Å². The summed E-state index contributed by atoms with van der Waals surface area (Å²) in [5.41, 5.74) is 0.740. The fourth-order valence-corrected chi connectivity index (χ4v) is 11.6. The molecule has 0 saturated carbocycles. The molecule has 2 radical (unpaired) electrons. The average Bonchev–Trinajstić information content (AvgIpc) is 3.98. The molecule has 0 unspecified atom stereocenters. The zero-order chi connectivity index (χ0) is 59.7. The number of nitrogens with zero attached hydrogens (tertiary/aromatic N) is 6. The predicted molar refractivity (Wildman–Crippen MR) is 311 cm³/mol. The third-order valence-corrected chi connectivity index (χ3v) is 17.7.